The minimum absolute atomic E-state index is 0.000669. The van der Waals surface area contributed by atoms with Gasteiger partial charge in [0.25, 0.3) is 0 Å². The van der Waals surface area contributed by atoms with Crippen LogP contribution in [0, 0.1) is 28.6 Å². The fraction of sp³-hybridized carbons (Fsp3) is 0.526. The summed E-state index contributed by atoms with van der Waals surface area (Å²) in [6.45, 7) is 0.387. The Morgan fingerprint density at radius 1 is 1.13 bits per heavy atom. The van der Waals surface area contributed by atoms with Crippen LogP contribution in [0.1, 0.15) is 31.2 Å². The molecule has 0 N–H and O–H groups in total. The van der Waals surface area contributed by atoms with E-state index in [4.69, 9.17) is 10.5 Å². The van der Waals surface area contributed by atoms with Crippen molar-refractivity contribution in [3.8, 4) is 12.1 Å². The van der Waals surface area contributed by atoms with Crippen LogP contribution in [0.3, 0.4) is 0 Å². The van der Waals surface area contributed by atoms with E-state index in [1.165, 1.54) is 4.90 Å². The molecular formula is C19H21F3N4O3S. The number of nitriles is 2. The molecule has 0 spiro atoms. The first kappa shape index (κ1) is 23.6. The van der Waals surface area contributed by atoms with Crippen LogP contribution in [-0.2, 0) is 21.0 Å². The molecular weight excluding hydrogens is 421 g/mol. The molecule has 11 heteroatoms. The summed E-state index contributed by atoms with van der Waals surface area (Å²) in [6, 6.07) is 7.48. The van der Waals surface area contributed by atoms with Gasteiger partial charge >= 0.3 is 6.18 Å². The molecule has 1 aliphatic heterocycles. The van der Waals surface area contributed by atoms with Crippen LogP contribution in [0.25, 0.3) is 0 Å². The third-order valence-corrected chi connectivity index (χ3v) is 6.80. The number of piperidine rings is 1. The molecule has 7 nitrogen and oxygen atoms in total. The predicted octanol–water partition coefficient (Wildman–Crippen LogP) is 2.76. The number of sulfonamides is 1. The van der Waals surface area contributed by atoms with E-state index in [1.807, 2.05) is 12.1 Å². The molecule has 1 aliphatic rings. The number of benzene rings is 1. The molecule has 0 radical (unpaired) electrons. The van der Waals surface area contributed by atoms with Gasteiger partial charge in [0.15, 0.2) is 0 Å². The van der Waals surface area contributed by atoms with E-state index < -0.39 is 32.6 Å². The van der Waals surface area contributed by atoms with Crippen molar-refractivity contribution in [2.75, 3.05) is 26.2 Å². The second kappa shape index (κ2) is 9.92. The van der Waals surface area contributed by atoms with Gasteiger partial charge in [-0.3, -0.25) is 4.79 Å². The first-order valence-corrected chi connectivity index (χ1v) is 10.8. The molecule has 1 amide bonds. The lowest BCUT2D eigenvalue weighted by Crippen LogP contribution is -2.44. The van der Waals surface area contributed by atoms with Crippen molar-refractivity contribution >= 4 is 15.9 Å². The molecule has 0 aromatic heterocycles. The molecule has 1 saturated heterocycles. The lowest BCUT2D eigenvalue weighted by atomic mass is 9.96. The van der Waals surface area contributed by atoms with Crippen LogP contribution in [0.5, 0.6) is 0 Å². The number of hydrogen-bond acceptors (Lipinski definition) is 5. The van der Waals surface area contributed by atoms with Crippen molar-refractivity contribution < 1.29 is 26.4 Å². The number of amides is 1. The highest BCUT2D eigenvalue weighted by Gasteiger charge is 2.36. The van der Waals surface area contributed by atoms with Crippen molar-refractivity contribution in [2.45, 2.75) is 36.8 Å². The number of hydrogen-bond donors (Lipinski definition) is 0. The lowest BCUT2D eigenvalue weighted by Gasteiger charge is -2.33. The molecule has 162 valence electrons. The summed E-state index contributed by atoms with van der Waals surface area (Å²) < 4.78 is 65.3. The maximum Gasteiger partial charge on any atom is 0.416 e. The SMILES string of the molecule is N#CCCN(CCC#N)C(=O)C1CCN(S(=O)(=O)c2cccc(C(F)(F)F)c2)CC1. The first-order valence-electron chi connectivity index (χ1n) is 9.31. The summed E-state index contributed by atoms with van der Waals surface area (Å²) >= 11 is 0. The van der Waals surface area contributed by atoms with Crippen molar-refractivity contribution in [1.82, 2.24) is 9.21 Å². The molecule has 0 saturated carbocycles. The van der Waals surface area contributed by atoms with Gasteiger partial charge in [-0.05, 0) is 31.0 Å². The molecule has 1 aromatic rings. The zero-order valence-corrected chi connectivity index (χ0v) is 16.9. The largest absolute Gasteiger partial charge is 0.416 e. The number of carbonyl (C=O) groups is 1. The second-order valence-corrected chi connectivity index (χ2v) is 8.78. The van der Waals surface area contributed by atoms with Crippen LogP contribution >= 0.6 is 0 Å². The van der Waals surface area contributed by atoms with E-state index in [-0.39, 0.29) is 57.8 Å². The van der Waals surface area contributed by atoms with E-state index in [9.17, 15) is 26.4 Å². The Morgan fingerprint density at radius 3 is 2.20 bits per heavy atom. The standard InChI is InChI=1S/C19H21F3N4O3S/c20-19(21,22)16-4-1-5-17(14-16)30(28,29)26-12-6-15(7-13-26)18(27)25(10-2-8-23)11-3-9-24/h1,4-5,14-15H,2-3,6-7,10-13H2. The van der Waals surface area contributed by atoms with E-state index in [0.717, 1.165) is 22.5 Å². The summed E-state index contributed by atoms with van der Waals surface area (Å²) in [4.78, 5) is 13.7. The van der Waals surface area contributed by atoms with Gasteiger partial charge in [-0.15, -0.1) is 0 Å². The van der Waals surface area contributed by atoms with Crippen molar-refractivity contribution in [2.24, 2.45) is 5.92 Å². The molecule has 0 bridgehead atoms. The molecule has 0 aliphatic carbocycles. The van der Waals surface area contributed by atoms with E-state index in [1.54, 1.807) is 0 Å². The van der Waals surface area contributed by atoms with E-state index in [2.05, 4.69) is 0 Å². The minimum Gasteiger partial charge on any atom is -0.340 e. The minimum atomic E-state index is -4.65. The highest BCUT2D eigenvalue weighted by molar-refractivity contribution is 7.89. The first-order chi connectivity index (χ1) is 14.1. The van der Waals surface area contributed by atoms with Gasteiger partial charge in [0, 0.05) is 32.1 Å². The molecule has 2 rings (SSSR count). The molecule has 1 fully saturated rings. The van der Waals surface area contributed by atoms with Crippen LogP contribution < -0.4 is 0 Å². The van der Waals surface area contributed by atoms with Crippen LogP contribution in [-0.4, -0.2) is 49.7 Å². The summed E-state index contributed by atoms with van der Waals surface area (Å²) in [5.41, 5.74) is -1.04. The van der Waals surface area contributed by atoms with Crippen LogP contribution in [0.15, 0.2) is 29.2 Å². The van der Waals surface area contributed by atoms with Gasteiger partial charge in [0.2, 0.25) is 15.9 Å². The van der Waals surface area contributed by atoms with Gasteiger partial charge < -0.3 is 4.90 Å². The zero-order valence-electron chi connectivity index (χ0n) is 16.1. The van der Waals surface area contributed by atoms with Crippen molar-refractivity contribution in [3.63, 3.8) is 0 Å². The van der Waals surface area contributed by atoms with Gasteiger partial charge in [0.05, 0.1) is 35.4 Å². The summed E-state index contributed by atoms with van der Waals surface area (Å²) in [7, 11) is -4.12. The van der Waals surface area contributed by atoms with E-state index >= 15 is 0 Å². The summed E-state index contributed by atoms with van der Waals surface area (Å²) in [6.07, 6.45) is -3.97. The topological polar surface area (TPSA) is 105 Å². The second-order valence-electron chi connectivity index (χ2n) is 6.85. The molecule has 0 atom stereocenters. The monoisotopic (exact) mass is 442 g/mol. The highest BCUT2D eigenvalue weighted by Crippen LogP contribution is 2.32. The highest BCUT2D eigenvalue weighted by atomic mass is 32.2. The third-order valence-electron chi connectivity index (χ3n) is 4.90. The fourth-order valence-electron chi connectivity index (χ4n) is 3.29. The number of halogens is 3. The third kappa shape index (κ3) is 5.71. The van der Waals surface area contributed by atoms with Gasteiger partial charge in [-0.2, -0.15) is 28.0 Å². The Bertz CT molecular complexity index is 925. The predicted molar refractivity (Wildman–Crippen MR) is 100.0 cm³/mol. The fourth-order valence-corrected chi connectivity index (χ4v) is 4.80. The Hall–Kier alpha value is -2.63. The van der Waals surface area contributed by atoms with Gasteiger partial charge in [-0.1, -0.05) is 6.07 Å². The average Bonchev–Trinajstić information content (AvgIpc) is 2.73. The van der Waals surface area contributed by atoms with Crippen LogP contribution in [0.2, 0.25) is 0 Å². The average molecular weight is 442 g/mol. The Kier molecular flexibility index (Phi) is 7.82. The maximum absolute atomic E-state index is 12.9. The normalized spacial score (nSPS) is 15.9. The molecule has 0 unspecified atom stereocenters. The maximum atomic E-state index is 12.9. The smallest absolute Gasteiger partial charge is 0.340 e. The Balaban J connectivity index is 2.08. The van der Waals surface area contributed by atoms with Crippen LogP contribution in [0.4, 0.5) is 13.2 Å². The Labute approximate surface area is 173 Å². The number of alkyl halides is 3. The number of nitrogens with zero attached hydrogens (tertiary/aromatic N) is 4. The van der Waals surface area contributed by atoms with Crippen molar-refractivity contribution in [1.29, 1.82) is 10.5 Å². The van der Waals surface area contributed by atoms with Gasteiger partial charge in [0.1, 0.15) is 0 Å². The Morgan fingerprint density at radius 2 is 1.70 bits per heavy atom. The molecule has 1 heterocycles. The molecule has 30 heavy (non-hydrogen) atoms. The van der Waals surface area contributed by atoms with Gasteiger partial charge in [-0.25, -0.2) is 8.42 Å². The lowest BCUT2D eigenvalue weighted by molar-refractivity contribution is -0.138. The molecule has 1 aromatic carbocycles. The quantitative estimate of drug-likeness (QED) is 0.646. The van der Waals surface area contributed by atoms with Crippen molar-refractivity contribution in [3.05, 3.63) is 29.8 Å². The number of rotatable bonds is 7. The summed E-state index contributed by atoms with van der Waals surface area (Å²) in [5, 5.41) is 17.5. The summed E-state index contributed by atoms with van der Waals surface area (Å²) in [5.74, 6) is -0.702. The zero-order chi connectivity index (χ0) is 22.4. The van der Waals surface area contributed by atoms with E-state index in [0.29, 0.717) is 6.07 Å². The number of carbonyl (C=O) groups excluding carboxylic acids is 1.